The lowest BCUT2D eigenvalue weighted by Crippen LogP contribution is -2.03. The summed E-state index contributed by atoms with van der Waals surface area (Å²) in [5.74, 6) is 0.451. The molecule has 18 heavy (non-hydrogen) atoms. The van der Waals surface area contributed by atoms with Crippen LogP contribution in [0.1, 0.15) is 12.6 Å². The lowest BCUT2D eigenvalue weighted by Gasteiger charge is -2.07. The number of aromatic nitrogens is 3. The first-order valence-corrected chi connectivity index (χ1v) is 5.65. The molecule has 0 bridgehead atoms. The van der Waals surface area contributed by atoms with Crippen molar-refractivity contribution in [3.63, 3.8) is 0 Å². The van der Waals surface area contributed by atoms with Crippen LogP contribution in [0.25, 0.3) is 11.8 Å². The van der Waals surface area contributed by atoms with Crippen LogP contribution < -0.4 is 5.73 Å². The third-order valence-electron chi connectivity index (χ3n) is 2.38. The van der Waals surface area contributed by atoms with Crippen molar-refractivity contribution >= 4 is 35.9 Å². The summed E-state index contributed by atoms with van der Waals surface area (Å²) >= 11 is 5.97. The normalized spacial score (nSPS) is 11.0. The van der Waals surface area contributed by atoms with Crippen LogP contribution in [0.15, 0.2) is 29.3 Å². The van der Waals surface area contributed by atoms with Gasteiger partial charge in [-0.3, -0.25) is 0 Å². The van der Waals surface area contributed by atoms with Crippen LogP contribution >= 0.6 is 11.6 Å². The Hall–Kier alpha value is -2.14. The second kappa shape index (κ2) is 5.01. The number of allylic oxidation sites excluding steroid dienone is 1. The number of hydrogen-bond donors (Lipinski definition) is 1. The summed E-state index contributed by atoms with van der Waals surface area (Å²) in [5, 5.41) is 8.53. The van der Waals surface area contributed by atoms with Gasteiger partial charge < -0.3 is 5.73 Å². The zero-order valence-corrected chi connectivity index (χ0v) is 10.6. The Morgan fingerprint density at radius 3 is 2.94 bits per heavy atom. The van der Waals surface area contributed by atoms with Gasteiger partial charge in [0, 0.05) is 5.02 Å². The lowest BCUT2D eigenvalue weighted by molar-refractivity contribution is 0.800. The van der Waals surface area contributed by atoms with Crippen molar-refractivity contribution in [3.8, 4) is 5.69 Å². The highest BCUT2D eigenvalue weighted by atomic mass is 35.5. The largest absolute Gasteiger partial charge is 0.397 e. The van der Waals surface area contributed by atoms with Crippen LogP contribution in [0.5, 0.6) is 0 Å². The second-order valence-electron chi connectivity index (χ2n) is 3.57. The zero-order chi connectivity index (χ0) is 13.1. The average molecular weight is 262 g/mol. The van der Waals surface area contributed by atoms with Crippen LogP contribution in [-0.4, -0.2) is 21.7 Å². The predicted molar refractivity (Wildman–Crippen MR) is 74.7 cm³/mol. The molecule has 2 aromatic rings. The fraction of sp³-hybridized carbons (Fsp3) is 0.0833. The Morgan fingerprint density at radius 1 is 1.50 bits per heavy atom. The molecule has 0 atom stereocenters. The van der Waals surface area contributed by atoms with E-state index in [1.165, 1.54) is 0 Å². The monoisotopic (exact) mass is 261 g/mol. The van der Waals surface area contributed by atoms with Crippen LogP contribution in [0, 0.1) is 0 Å². The van der Waals surface area contributed by atoms with Gasteiger partial charge in [-0.05, 0) is 37.9 Å². The van der Waals surface area contributed by atoms with Crippen LogP contribution in [0.3, 0.4) is 0 Å². The number of benzene rings is 1. The summed E-state index contributed by atoms with van der Waals surface area (Å²) in [6, 6.07) is 5.17. The molecule has 92 valence electrons. The van der Waals surface area contributed by atoms with Gasteiger partial charge >= 0.3 is 0 Å². The van der Waals surface area contributed by atoms with Crippen molar-refractivity contribution in [3.05, 3.63) is 35.0 Å². The number of hydrogen-bond acceptors (Lipinski definition) is 4. The van der Waals surface area contributed by atoms with Gasteiger partial charge in [-0.2, -0.15) is 0 Å². The van der Waals surface area contributed by atoms with Crippen molar-refractivity contribution in [1.82, 2.24) is 15.0 Å². The molecule has 2 N–H and O–H groups in total. The molecule has 0 aliphatic carbocycles. The maximum Gasteiger partial charge on any atom is 0.201 e. The molecule has 1 aromatic carbocycles. The third kappa shape index (κ3) is 2.12. The molecule has 0 unspecified atom stereocenters. The maximum absolute atomic E-state index is 5.97. The molecular formula is C12H12ClN5. The highest BCUT2D eigenvalue weighted by Crippen LogP contribution is 2.26. The smallest absolute Gasteiger partial charge is 0.201 e. The third-order valence-corrected chi connectivity index (χ3v) is 2.62. The van der Waals surface area contributed by atoms with E-state index in [9.17, 15) is 0 Å². The van der Waals surface area contributed by atoms with E-state index < -0.39 is 0 Å². The zero-order valence-electron chi connectivity index (χ0n) is 9.84. The Balaban J connectivity index is 2.67. The lowest BCUT2D eigenvalue weighted by atomic mass is 10.2. The first-order valence-electron chi connectivity index (χ1n) is 5.28. The number of nitrogen functional groups attached to an aromatic ring is 1. The minimum Gasteiger partial charge on any atom is -0.397 e. The average Bonchev–Trinajstić information content (AvgIpc) is 2.76. The van der Waals surface area contributed by atoms with E-state index in [1.54, 1.807) is 22.9 Å². The van der Waals surface area contributed by atoms with E-state index in [1.807, 2.05) is 19.1 Å². The quantitative estimate of drug-likeness (QED) is 0.682. The molecule has 1 heterocycles. The number of aliphatic imine (C=N–C) groups is 1. The van der Waals surface area contributed by atoms with Gasteiger partial charge in [-0.1, -0.05) is 22.9 Å². The molecule has 0 radical (unpaired) electrons. The molecule has 0 spiro atoms. The minimum atomic E-state index is 0.451. The Kier molecular flexibility index (Phi) is 3.43. The highest BCUT2D eigenvalue weighted by molar-refractivity contribution is 6.30. The first kappa shape index (κ1) is 12.3. The molecule has 0 aliphatic heterocycles. The Morgan fingerprint density at radius 2 is 2.28 bits per heavy atom. The fourth-order valence-electron chi connectivity index (χ4n) is 1.58. The topological polar surface area (TPSA) is 69.1 Å². The van der Waals surface area contributed by atoms with Gasteiger partial charge in [0.25, 0.3) is 0 Å². The van der Waals surface area contributed by atoms with Crippen molar-refractivity contribution in [2.45, 2.75) is 6.92 Å². The Labute approximate surface area is 110 Å². The van der Waals surface area contributed by atoms with E-state index in [2.05, 4.69) is 22.0 Å². The summed E-state index contributed by atoms with van der Waals surface area (Å²) < 4.78 is 1.59. The molecular weight excluding hydrogens is 250 g/mol. The Bertz CT molecular complexity index is 615. The summed E-state index contributed by atoms with van der Waals surface area (Å²) in [6.45, 7) is 5.36. The van der Waals surface area contributed by atoms with E-state index in [4.69, 9.17) is 17.3 Å². The molecule has 2 rings (SSSR count). The van der Waals surface area contributed by atoms with E-state index in [-0.39, 0.29) is 0 Å². The summed E-state index contributed by atoms with van der Waals surface area (Å²) in [6.07, 6.45) is 3.70. The van der Waals surface area contributed by atoms with Gasteiger partial charge in [-0.25, -0.2) is 9.67 Å². The molecule has 0 amide bonds. The maximum atomic E-state index is 5.97. The minimum absolute atomic E-state index is 0.451. The SMILES string of the molecule is C=Nc1nnn(-c2cc(Cl)ccc2N)c1/C=C\C. The molecule has 5 nitrogen and oxygen atoms in total. The highest BCUT2D eigenvalue weighted by Gasteiger charge is 2.12. The van der Waals surface area contributed by atoms with Gasteiger partial charge in [0.05, 0.1) is 11.4 Å². The van der Waals surface area contributed by atoms with E-state index in [0.717, 1.165) is 0 Å². The number of nitrogens with zero attached hydrogens (tertiary/aromatic N) is 4. The van der Waals surface area contributed by atoms with Crippen molar-refractivity contribution in [2.24, 2.45) is 4.99 Å². The summed E-state index contributed by atoms with van der Waals surface area (Å²) in [4.78, 5) is 3.82. The summed E-state index contributed by atoms with van der Waals surface area (Å²) in [5.41, 5.74) is 7.85. The van der Waals surface area contributed by atoms with Crippen LogP contribution in [0.2, 0.25) is 5.02 Å². The second-order valence-corrected chi connectivity index (χ2v) is 4.01. The summed E-state index contributed by atoms with van der Waals surface area (Å²) in [7, 11) is 0. The van der Waals surface area contributed by atoms with Crippen molar-refractivity contribution in [2.75, 3.05) is 5.73 Å². The van der Waals surface area contributed by atoms with Crippen LogP contribution in [0.4, 0.5) is 11.5 Å². The number of rotatable bonds is 3. The molecule has 0 saturated heterocycles. The number of anilines is 1. The molecule has 0 fully saturated rings. The van der Waals surface area contributed by atoms with Crippen molar-refractivity contribution in [1.29, 1.82) is 0 Å². The van der Waals surface area contributed by atoms with Gasteiger partial charge in [0.1, 0.15) is 5.69 Å². The standard InChI is InChI=1S/C12H12ClN5/c1-3-4-10-12(15-2)16-17-18(10)11-7-8(13)5-6-9(11)14/h3-7H,2,14H2,1H3/b4-3-. The van der Waals surface area contributed by atoms with Crippen LogP contribution in [-0.2, 0) is 0 Å². The molecule has 0 saturated carbocycles. The molecule has 6 heteroatoms. The number of halogens is 1. The van der Waals surface area contributed by atoms with Gasteiger partial charge in [0.15, 0.2) is 0 Å². The van der Waals surface area contributed by atoms with Crippen molar-refractivity contribution < 1.29 is 0 Å². The predicted octanol–water partition coefficient (Wildman–Crippen LogP) is 2.87. The van der Waals surface area contributed by atoms with Gasteiger partial charge in [0.2, 0.25) is 5.82 Å². The van der Waals surface area contributed by atoms with E-state index >= 15 is 0 Å². The first-order chi connectivity index (χ1) is 8.67. The molecule has 0 aliphatic rings. The molecule has 1 aromatic heterocycles. The number of nitrogens with two attached hydrogens (primary N) is 1. The van der Waals surface area contributed by atoms with Gasteiger partial charge in [-0.15, -0.1) is 5.10 Å². The van der Waals surface area contributed by atoms with E-state index in [0.29, 0.717) is 27.9 Å². The fourth-order valence-corrected chi connectivity index (χ4v) is 1.74.